The first kappa shape index (κ1) is 30.5. The van der Waals surface area contributed by atoms with E-state index in [2.05, 4.69) is 20.9 Å². The van der Waals surface area contributed by atoms with Crippen LogP contribution in [0.3, 0.4) is 0 Å². The molecular formula is C34H35N5O8. The van der Waals surface area contributed by atoms with Crippen molar-refractivity contribution in [1.29, 1.82) is 0 Å². The molecule has 7 rings (SSSR count). The summed E-state index contributed by atoms with van der Waals surface area (Å²) >= 11 is 0. The van der Waals surface area contributed by atoms with Crippen LogP contribution in [-0.2, 0) is 26.2 Å². The van der Waals surface area contributed by atoms with Crippen LogP contribution >= 0.6 is 0 Å². The van der Waals surface area contributed by atoms with E-state index in [4.69, 9.17) is 23.3 Å². The zero-order valence-corrected chi connectivity index (χ0v) is 26.3. The van der Waals surface area contributed by atoms with Crippen molar-refractivity contribution in [2.24, 2.45) is 5.92 Å². The summed E-state index contributed by atoms with van der Waals surface area (Å²) in [5.74, 6) is -0.943. The number of hydrogen-bond donors (Lipinski definition) is 4. The van der Waals surface area contributed by atoms with Crippen LogP contribution in [-0.4, -0.2) is 58.3 Å². The molecule has 4 N–H and O–H groups in total. The molecule has 5 unspecified atom stereocenters. The Morgan fingerprint density at radius 2 is 1.96 bits per heavy atom. The number of aliphatic hydroxyl groups excluding tert-OH is 1. The number of carbonyl (C=O) groups is 3. The molecule has 0 aliphatic carbocycles. The lowest BCUT2D eigenvalue weighted by Crippen LogP contribution is -2.52. The Morgan fingerprint density at radius 3 is 2.72 bits per heavy atom. The normalized spacial score (nSPS) is 22.9. The van der Waals surface area contributed by atoms with Gasteiger partial charge in [-0.15, -0.1) is 0 Å². The fraction of sp³-hybridized carbons (Fsp3) is 0.382. The van der Waals surface area contributed by atoms with Crippen molar-refractivity contribution in [3.8, 4) is 17.3 Å². The Morgan fingerprint density at radius 1 is 1.15 bits per heavy atom. The number of nitrogens with zero attached hydrogens (tertiary/aromatic N) is 2. The van der Waals surface area contributed by atoms with E-state index in [0.717, 1.165) is 22.4 Å². The highest BCUT2D eigenvalue weighted by molar-refractivity contribution is 5.90. The SMILES string of the molecule is CCCC1NC(=O)C(NC(=O)C(O)C(C)C)Cc2ccc3c(c2)C2(c4ccccc4NC2O3)c2oc1nc2-c1nc(C(=O)OC)co1. The number of amides is 2. The van der Waals surface area contributed by atoms with Crippen molar-refractivity contribution in [2.75, 3.05) is 12.4 Å². The summed E-state index contributed by atoms with van der Waals surface area (Å²) in [6.07, 6.45) is 0.519. The van der Waals surface area contributed by atoms with Crippen molar-refractivity contribution in [1.82, 2.24) is 20.6 Å². The molecule has 2 aromatic heterocycles. The Bertz CT molecular complexity index is 1880. The van der Waals surface area contributed by atoms with Crippen LogP contribution in [0.1, 0.15) is 78.5 Å². The molecule has 244 valence electrons. The van der Waals surface area contributed by atoms with Gasteiger partial charge in [-0.1, -0.05) is 57.5 Å². The standard InChI is InChI=1S/C34H35N5O8/c1-5-8-21-30-39-25(31-37-23(15-45-31)32(43)44-4)27(47-30)34-18-9-6-7-10-20(18)38-33(34)46-24-12-11-17(13-19(24)34)14-22(28(41)35-21)36-29(42)26(40)16(2)3/h6-7,9-13,15-16,21-22,26,33,38,40H,5,8,14H2,1-4H3,(H,35,41)(H,36,42). The van der Waals surface area contributed by atoms with Gasteiger partial charge in [0.15, 0.2) is 23.4 Å². The number of carbonyl (C=O) groups excluding carboxylic acids is 3. The number of aromatic nitrogens is 2. The number of nitrogens with one attached hydrogen (secondary N) is 3. The molecule has 0 fully saturated rings. The number of anilines is 1. The van der Waals surface area contributed by atoms with Gasteiger partial charge in [0.05, 0.1) is 7.11 Å². The van der Waals surface area contributed by atoms with Crippen LogP contribution < -0.4 is 20.7 Å². The largest absolute Gasteiger partial charge is 0.469 e. The molecule has 5 atom stereocenters. The second kappa shape index (κ2) is 11.6. The summed E-state index contributed by atoms with van der Waals surface area (Å²) < 4.78 is 24.0. The highest BCUT2D eigenvalue weighted by Crippen LogP contribution is 2.59. The molecule has 0 radical (unpaired) electrons. The van der Waals surface area contributed by atoms with Gasteiger partial charge >= 0.3 is 5.97 Å². The molecule has 47 heavy (non-hydrogen) atoms. The van der Waals surface area contributed by atoms with Gasteiger partial charge in [0.2, 0.25) is 23.6 Å². The smallest absolute Gasteiger partial charge is 0.360 e. The molecule has 2 amide bonds. The third-order valence-corrected chi connectivity index (χ3v) is 9.01. The maximum atomic E-state index is 13.9. The van der Waals surface area contributed by atoms with E-state index in [-0.39, 0.29) is 35.5 Å². The summed E-state index contributed by atoms with van der Waals surface area (Å²) in [4.78, 5) is 48.6. The lowest BCUT2D eigenvalue weighted by atomic mass is 9.72. The maximum absolute atomic E-state index is 13.9. The molecular weight excluding hydrogens is 606 g/mol. The minimum absolute atomic E-state index is 0.0294. The number of ether oxygens (including phenoxy) is 2. The zero-order chi connectivity index (χ0) is 33.0. The van der Waals surface area contributed by atoms with Crippen LogP contribution in [0.4, 0.5) is 5.69 Å². The highest BCUT2D eigenvalue weighted by atomic mass is 16.5. The Labute approximate surface area is 270 Å². The van der Waals surface area contributed by atoms with Crippen molar-refractivity contribution in [3.05, 3.63) is 82.8 Å². The Hall–Kier alpha value is -5.17. The second-order valence-corrected chi connectivity index (χ2v) is 12.4. The third kappa shape index (κ3) is 4.84. The van der Waals surface area contributed by atoms with E-state index in [0.29, 0.717) is 24.4 Å². The molecule has 2 aromatic carbocycles. The third-order valence-electron chi connectivity index (χ3n) is 9.01. The monoisotopic (exact) mass is 641 g/mol. The van der Waals surface area contributed by atoms with Gasteiger partial charge in [0.1, 0.15) is 35.6 Å². The molecule has 3 aliphatic rings. The first-order valence-electron chi connectivity index (χ1n) is 15.7. The van der Waals surface area contributed by atoms with Crippen molar-refractivity contribution < 1.29 is 37.8 Å². The Balaban J connectivity index is 1.47. The molecule has 13 nitrogen and oxygen atoms in total. The topological polar surface area (TPSA) is 178 Å². The van der Waals surface area contributed by atoms with Gasteiger partial charge in [0, 0.05) is 17.7 Å². The summed E-state index contributed by atoms with van der Waals surface area (Å²) in [6.45, 7) is 5.42. The van der Waals surface area contributed by atoms with Gasteiger partial charge in [-0.2, -0.15) is 0 Å². The van der Waals surface area contributed by atoms with Crippen molar-refractivity contribution >= 4 is 23.5 Å². The first-order valence-corrected chi connectivity index (χ1v) is 15.7. The van der Waals surface area contributed by atoms with Gasteiger partial charge in [-0.05, 0) is 35.6 Å². The zero-order valence-electron chi connectivity index (χ0n) is 26.3. The van der Waals surface area contributed by atoms with Crippen LogP contribution in [0, 0.1) is 5.92 Å². The number of para-hydroxylation sites is 1. The number of hydrogen-bond acceptors (Lipinski definition) is 11. The number of methoxy groups -OCH3 is 1. The number of benzene rings is 2. The van der Waals surface area contributed by atoms with Crippen LogP contribution in [0.2, 0.25) is 0 Å². The van der Waals surface area contributed by atoms with Crippen molar-refractivity contribution in [3.63, 3.8) is 0 Å². The van der Waals surface area contributed by atoms with Crippen LogP contribution in [0.5, 0.6) is 5.75 Å². The average Bonchev–Trinajstić information content (AvgIpc) is 3.84. The van der Waals surface area contributed by atoms with Crippen LogP contribution in [0.15, 0.2) is 57.6 Å². The summed E-state index contributed by atoms with van der Waals surface area (Å²) in [5, 5.41) is 19.8. The lowest BCUT2D eigenvalue weighted by Gasteiger charge is -2.28. The fourth-order valence-corrected chi connectivity index (χ4v) is 6.66. The predicted octanol–water partition coefficient (Wildman–Crippen LogP) is 3.61. The Kier molecular flexibility index (Phi) is 7.50. The van der Waals surface area contributed by atoms with Gasteiger partial charge < -0.3 is 39.4 Å². The lowest BCUT2D eigenvalue weighted by molar-refractivity contribution is -0.135. The van der Waals surface area contributed by atoms with E-state index in [9.17, 15) is 19.5 Å². The van der Waals surface area contributed by atoms with E-state index >= 15 is 0 Å². The summed E-state index contributed by atoms with van der Waals surface area (Å²) in [5.41, 5.74) is 2.30. The maximum Gasteiger partial charge on any atom is 0.360 e. The van der Waals surface area contributed by atoms with E-state index in [1.807, 2.05) is 49.4 Å². The molecule has 0 saturated heterocycles. The molecule has 5 heterocycles. The number of fused-ring (bicyclic) bond motifs is 4. The second-order valence-electron chi connectivity index (χ2n) is 12.4. The van der Waals surface area contributed by atoms with Gasteiger partial charge in [-0.3, -0.25) is 9.59 Å². The van der Waals surface area contributed by atoms with Crippen molar-refractivity contribution in [2.45, 2.75) is 69.9 Å². The minimum Gasteiger partial charge on any atom is -0.469 e. The molecule has 13 heteroatoms. The molecule has 4 aromatic rings. The molecule has 0 saturated carbocycles. The minimum atomic E-state index is -1.29. The fourth-order valence-electron chi connectivity index (χ4n) is 6.66. The van der Waals surface area contributed by atoms with Gasteiger partial charge in [0.25, 0.3) is 0 Å². The van der Waals surface area contributed by atoms with E-state index in [1.165, 1.54) is 13.4 Å². The summed E-state index contributed by atoms with van der Waals surface area (Å²) in [6, 6.07) is 11.7. The number of aliphatic hydroxyl groups is 1. The van der Waals surface area contributed by atoms with Crippen LogP contribution in [0.25, 0.3) is 11.6 Å². The quantitative estimate of drug-likeness (QED) is 0.217. The van der Waals surface area contributed by atoms with E-state index < -0.39 is 47.6 Å². The number of rotatable bonds is 7. The number of esters is 1. The highest BCUT2D eigenvalue weighted by Gasteiger charge is 2.61. The summed E-state index contributed by atoms with van der Waals surface area (Å²) in [7, 11) is 1.25. The average molecular weight is 642 g/mol. The predicted molar refractivity (Wildman–Crippen MR) is 166 cm³/mol. The molecule has 1 spiro atoms. The first-order chi connectivity index (χ1) is 22.6. The van der Waals surface area contributed by atoms with E-state index in [1.54, 1.807) is 13.8 Å². The molecule has 4 bridgehead atoms. The molecule has 3 aliphatic heterocycles. The number of oxazole rings is 2. The van der Waals surface area contributed by atoms with Gasteiger partial charge in [-0.25, -0.2) is 14.8 Å².